The van der Waals surface area contributed by atoms with E-state index in [2.05, 4.69) is 27.2 Å². The molecule has 0 saturated carbocycles. The highest BCUT2D eigenvalue weighted by molar-refractivity contribution is 7.89. The van der Waals surface area contributed by atoms with Gasteiger partial charge >= 0.3 is 0 Å². The molecule has 3 rings (SSSR count). The summed E-state index contributed by atoms with van der Waals surface area (Å²) in [5.74, 6) is 0.358. The second kappa shape index (κ2) is 7.87. The van der Waals surface area contributed by atoms with Crippen LogP contribution in [0.3, 0.4) is 0 Å². The summed E-state index contributed by atoms with van der Waals surface area (Å²) in [6.07, 6.45) is 3.24. The van der Waals surface area contributed by atoms with Gasteiger partial charge in [0.25, 0.3) is 0 Å². The van der Waals surface area contributed by atoms with Gasteiger partial charge < -0.3 is 10.2 Å². The van der Waals surface area contributed by atoms with E-state index in [1.807, 2.05) is 0 Å². The lowest BCUT2D eigenvalue weighted by atomic mass is 10.1. The zero-order chi connectivity index (χ0) is 18.7. The molecular formula is C17H22ClN5O2S. The maximum absolute atomic E-state index is 12.9. The first-order chi connectivity index (χ1) is 12.4. The average molecular weight is 396 g/mol. The summed E-state index contributed by atoms with van der Waals surface area (Å²) in [7, 11) is 0.202. The molecule has 2 heterocycles. The first-order valence-corrected chi connectivity index (χ1v) is 10.2. The van der Waals surface area contributed by atoms with Crippen molar-refractivity contribution in [3.05, 3.63) is 41.7 Å². The van der Waals surface area contributed by atoms with Gasteiger partial charge in [-0.25, -0.2) is 18.4 Å². The van der Waals surface area contributed by atoms with Gasteiger partial charge in [-0.2, -0.15) is 4.31 Å². The zero-order valence-corrected chi connectivity index (χ0v) is 16.3. The van der Waals surface area contributed by atoms with Gasteiger partial charge in [0.05, 0.1) is 4.90 Å². The number of nitrogens with zero attached hydrogens (tertiary/aromatic N) is 4. The number of hydrogen-bond acceptors (Lipinski definition) is 6. The Morgan fingerprint density at radius 2 is 1.85 bits per heavy atom. The lowest BCUT2D eigenvalue weighted by Crippen LogP contribution is -2.44. The third-order valence-corrected chi connectivity index (χ3v) is 6.75. The smallest absolute Gasteiger partial charge is 0.243 e. The van der Waals surface area contributed by atoms with Crippen LogP contribution in [0.25, 0.3) is 0 Å². The van der Waals surface area contributed by atoms with E-state index >= 15 is 0 Å². The number of aromatic nitrogens is 2. The SMILES string of the molecule is CN1CCC(N(C)S(=O)(=O)c2ccc(Nc3nccc(Cl)n3)cc2)CC1. The van der Waals surface area contributed by atoms with Crippen LogP contribution >= 0.6 is 11.6 Å². The Morgan fingerprint density at radius 3 is 2.46 bits per heavy atom. The molecule has 7 nitrogen and oxygen atoms in total. The van der Waals surface area contributed by atoms with Crippen molar-refractivity contribution in [3.8, 4) is 0 Å². The van der Waals surface area contributed by atoms with E-state index in [1.54, 1.807) is 43.6 Å². The summed E-state index contributed by atoms with van der Waals surface area (Å²) in [6.45, 7) is 1.82. The molecule has 1 fully saturated rings. The second-order valence-corrected chi connectivity index (χ2v) is 8.79. The number of rotatable bonds is 5. The maximum atomic E-state index is 12.9. The largest absolute Gasteiger partial charge is 0.324 e. The number of sulfonamides is 1. The minimum Gasteiger partial charge on any atom is -0.324 e. The van der Waals surface area contributed by atoms with Gasteiger partial charge in [-0.3, -0.25) is 0 Å². The van der Waals surface area contributed by atoms with Crippen LogP contribution in [-0.4, -0.2) is 60.8 Å². The third-order valence-electron chi connectivity index (χ3n) is 4.61. The predicted molar refractivity (Wildman–Crippen MR) is 102 cm³/mol. The molecular weight excluding hydrogens is 374 g/mol. The lowest BCUT2D eigenvalue weighted by molar-refractivity contribution is 0.197. The highest BCUT2D eigenvalue weighted by Crippen LogP contribution is 2.24. The predicted octanol–water partition coefficient (Wildman–Crippen LogP) is 2.59. The number of hydrogen-bond donors (Lipinski definition) is 1. The summed E-state index contributed by atoms with van der Waals surface area (Å²) < 4.78 is 27.3. The normalized spacial score (nSPS) is 16.8. The molecule has 0 spiro atoms. The van der Waals surface area contributed by atoms with Crippen molar-refractivity contribution in [2.75, 3.05) is 32.5 Å². The molecule has 0 bridgehead atoms. The molecule has 1 aromatic carbocycles. The molecule has 2 aromatic rings. The van der Waals surface area contributed by atoms with E-state index in [0.717, 1.165) is 25.9 Å². The van der Waals surface area contributed by atoms with E-state index in [1.165, 1.54) is 4.31 Å². The van der Waals surface area contributed by atoms with Crippen molar-refractivity contribution in [1.29, 1.82) is 0 Å². The van der Waals surface area contributed by atoms with E-state index in [4.69, 9.17) is 11.6 Å². The van der Waals surface area contributed by atoms with Crippen molar-refractivity contribution < 1.29 is 8.42 Å². The topological polar surface area (TPSA) is 78.4 Å². The molecule has 1 aliphatic rings. The van der Waals surface area contributed by atoms with Crippen molar-refractivity contribution in [2.24, 2.45) is 0 Å². The summed E-state index contributed by atoms with van der Waals surface area (Å²) in [6, 6.07) is 8.19. The summed E-state index contributed by atoms with van der Waals surface area (Å²) in [5.41, 5.74) is 0.688. The molecule has 9 heteroatoms. The minimum absolute atomic E-state index is 0.0360. The molecule has 140 valence electrons. The zero-order valence-electron chi connectivity index (χ0n) is 14.8. The van der Waals surface area contributed by atoms with Gasteiger partial charge in [0.2, 0.25) is 16.0 Å². The third kappa shape index (κ3) is 4.32. The number of halogens is 1. The van der Waals surface area contributed by atoms with Gasteiger partial charge in [-0.05, 0) is 63.3 Å². The fourth-order valence-corrected chi connectivity index (χ4v) is 4.51. The van der Waals surface area contributed by atoms with Crippen LogP contribution in [0.15, 0.2) is 41.4 Å². The second-order valence-electron chi connectivity index (χ2n) is 6.41. The Bertz CT molecular complexity index is 852. The molecule has 0 radical (unpaired) electrons. The van der Waals surface area contributed by atoms with E-state index < -0.39 is 10.0 Å². The van der Waals surface area contributed by atoms with Gasteiger partial charge in [0.1, 0.15) is 5.15 Å². The van der Waals surface area contributed by atoms with E-state index in [0.29, 0.717) is 16.8 Å². The lowest BCUT2D eigenvalue weighted by Gasteiger charge is -2.34. The van der Waals surface area contributed by atoms with Gasteiger partial charge in [-0.1, -0.05) is 11.6 Å². The first-order valence-electron chi connectivity index (χ1n) is 8.38. The Labute approximate surface area is 159 Å². The van der Waals surface area contributed by atoms with Gasteiger partial charge in [-0.15, -0.1) is 0 Å². The van der Waals surface area contributed by atoms with Crippen LogP contribution in [0.2, 0.25) is 5.15 Å². The van der Waals surface area contributed by atoms with Crippen LogP contribution in [-0.2, 0) is 10.0 Å². The molecule has 26 heavy (non-hydrogen) atoms. The van der Waals surface area contributed by atoms with Gasteiger partial charge in [0.15, 0.2) is 0 Å². The minimum atomic E-state index is -3.52. The van der Waals surface area contributed by atoms with Crippen molar-refractivity contribution in [3.63, 3.8) is 0 Å². The van der Waals surface area contributed by atoms with E-state index in [-0.39, 0.29) is 10.9 Å². The van der Waals surface area contributed by atoms with Crippen molar-refractivity contribution >= 4 is 33.3 Å². The quantitative estimate of drug-likeness (QED) is 0.784. The van der Waals surface area contributed by atoms with Gasteiger partial charge in [0, 0.05) is 25.0 Å². The Hall–Kier alpha value is -1.74. The van der Waals surface area contributed by atoms with Crippen LogP contribution in [0.1, 0.15) is 12.8 Å². The molecule has 1 N–H and O–H groups in total. The average Bonchev–Trinajstić information content (AvgIpc) is 2.62. The Kier molecular flexibility index (Phi) is 5.76. The van der Waals surface area contributed by atoms with Crippen molar-refractivity contribution in [2.45, 2.75) is 23.8 Å². The highest BCUT2D eigenvalue weighted by atomic mass is 35.5. The number of anilines is 2. The van der Waals surface area contributed by atoms with E-state index in [9.17, 15) is 8.42 Å². The fraction of sp³-hybridized carbons (Fsp3) is 0.412. The standard InChI is InChI=1S/C17H22ClN5O2S/c1-22-11-8-14(9-12-22)23(2)26(24,25)15-5-3-13(4-6-15)20-17-19-10-7-16(18)21-17/h3-7,10,14H,8-9,11-12H2,1-2H3,(H,19,20,21). The number of piperidine rings is 1. The van der Waals surface area contributed by atoms with Crippen molar-refractivity contribution in [1.82, 2.24) is 19.2 Å². The summed E-state index contributed by atoms with van der Waals surface area (Å²) >= 11 is 5.83. The van der Waals surface area contributed by atoms with Crippen LogP contribution in [0.4, 0.5) is 11.6 Å². The Balaban J connectivity index is 1.72. The Morgan fingerprint density at radius 1 is 1.19 bits per heavy atom. The number of nitrogens with one attached hydrogen (secondary N) is 1. The molecule has 0 aliphatic carbocycles. The molecule has 1 aliphatic heterocycles. The summed E-state index contributed by atoms with van der Waals surface area (Å²) in [4.78, 5) is 10.6. The molecule has 0 unspecified atom stereocenters. The first kappa shape index (κ1) is 19.0. The van der Waals surface area contributed by atoms with Crippen LogP contribution in [0.5, 0.6) is 0 Å². The highest BCUT2D eigenvalue weighted by Gasteiger charge is 2.30. The molecule has 0 atom stereocenters. The molecule has 0 amide bonds. The van der Waals surface area contributed by atoms with Crippen LogP contribution in [0, 0.1) is 0 Å². The summed E-state index contributed by atoms with van der Waals surface area (Å²) in [5, 5.41) is 3.33. The van der Waals surface area contributed by atoms with Crippen LogP contribution < -0.4 is 5.32 Å². The number of likely N-dealkylation sites (tertiary alicyclic amines) is 1. The maximum Gasteiger partial charge on any atom is 0.243 e. The molecule has 1 aromatic heterocycles. The molecule has 1 saturated heterocycles. The fourth-order valence-electron chi connectivity index (χ4n) is 2.96. The monoisotopic (exact) mass is 395 g/mol. The number of benzene rings is 1.